The molecule has 7 fully saturated rings. The Morgan fingerprint density at radius 1 is 0.634 bits per heavy atom. The van der Waals surface area contributed by atoms with Crippen LogP contribution in [0.2, 0.25) is 0 Å². The van der Waals surface area contributed by atoms with Crippen molar-refractivity contribution < 1.29 is 4.74 Å². The van der Waals surface area contributed by atoms with Crippen LogP contribution >= 0.6 is 0 Å². The molecule has 0 bridgehead atoms. The third-order valence-corrected chi connectivity index (χ3v) is 15.4. The average Bonchev–Trinajstić information content (AvgIpc) is 3.42. The maximum atomic E-state index is 7.13. The van der Waals surface area contributed by atoms with E-state index in [2.05, 4.69) is 24.1 Å². The maximum absolute atomic E-state index is 7.13. The Kier molecular flexibility index (Phi) is 8.39. The number of nitrogens with zero attached hydrogens (tertiary/aromatic N) is 1. The summed E-state index contributed by atoms with van der Waals surface area (Å²) in [6, 6.07) is 0.779. The van der Waals surface area contributed by atoms with Crippen LogP contribution in [0, 0.1) is 65.1 Å². The van der Waals surface area contributed by atoms with Crippen LogP contribution in [-0.2, 0) is 4.74 Å². The monoisotopic (exact) mass is 561 g/mol. The van der Waals surface area contributed by atoms with E-state index in [1.807, 2.05) is 0 Å². The molecule has 0 aromatic carbocycles. The summed E-state index contributed by atoms with van der Waals surface area (Å²) in [6.07, 6.45) is 37.7. The van der Waals surface area contributed by atoms with E-state index in [0.29, 0.717) is 12.2 Å². The first-order valence-electron chi connectivity index (χ1n) is 19.3. The van der Waals surface area contributed by atoms with Crippen molar-refractivity contribution in [1.82, 2.24) is 4.90 Å². The lowest BCUT2D eigenvalue weighted by Crippen LogP contribution is -2.53. The summed E-state index contributed by atoms with van der Waals surface area (Å²) in [5.41, 5.74) is 0. The van der Waals surface area contributed by atoms with Gasteiger partial charge in [-0.25, -0.2) is 0 Å². The summed E-state index contributed by atoms with van der Waals surface area (Å²) in [4.78, 5) is 2.91. The Bertz CT molecular complexity index is 907. The van der Waals surface area contributed by atoms with Gasteiger partial charge in [-0.3, -0.25) is 0 Å². The number of ether oxygens (including phenoxy) is 1. The molecule has 41 heavy (non-hydrogen) atoms. The lowest BCUT2D eigenvalue weighted by molar-refractivity contribution is -0.0803. The Morgan fingerprint density at radius 2 is 1.34 bits per heavy atom. The SMILES string of the molecule is CN(CCC1CCC2C3CCCCC3C3C=CCCC3C2C1)C1CCC2C3CCCCC3OC2C1C1CCCCC1. The molecule has 0 amide bonds. The predicted molar refractivity (Wildman–Crippen MR) is 170 cm³/mol. The van der Waals surface area contributed by atoms with Crippen molar-refractivity contribution in [1.29, 1.82) is 0 Å². The van der Waals surface area contributed by atoms with Gasteiger partial charge in [0, 0.05) is 12.0 Å². The minimum absolute atomic E-state index is 0.588. The first-order valence-corrected chi connectivity index (χ1v) is 19.3. The van der Waals surface area contributed by atoms with Crippen molar-refractivity contribution >= 4 is 0 Å². The van der Waals surface area contributed by atoms with Crippen LogP contribution in [0.15, 0.2) is 12.2 Å². The van der Waals surface area contributed by atoms with Gasteiger partial charge >= 0.3 is 0 Å². The van der Waals surface area contributed by atoms with Gasteiger partial charge in [0.2, 0.25) is 0 Å². The van der Waals surface area contributed by atoms with E-state index >= 15 is 0 Å². The van der Waals surface area contributed by atoms with Gasteiger partial charge in [0.25, 0.3) is 0 Å². The maximum Gasteiger partial charge on any atom is 0.0656 e. The molecule has 1 heterocycles. The molecule has 2 nitrogen and oxygen atoms in total. The normalized spacial score (nSPS) is 50.0. The summed E-state index contributed by atoms with van der Waals surface area (Å²) in [7, 11) is 2.55. The first-order chi connectivity index (χ1) is 20.3. The highest BCUT2D eigenvalue weighted by molar-refractivity contribution is 5.09. The van der Waals surface area contributed by atoms with Crippen LogP contribution in [0.4, 0.5) is 0 Å². The number of allylic oxidation sites excluding steroid dienone is 2. The molecule has 0 radical (unpaired) electrons. The lowest BCUT2D eigenvalue weighted by Gasteiger charge is -2.57. The fraction of sp³-hybridized carbons (Fsp3) is 0.949. The van der Waals surface area contributed by atoms with Crippen LogP contribution < -0.4 is 0 Å². The zero-order chi connectivity index (χ0) is 27.3. The van der Waals surface area contributed by atoms with Gasteiger partial charge in [-0.2, -0.15) is 0 Å². The number of hydrogen-bond acceptors (Lipinski definition) is 2. The van der Waals surface area contributed by atoms with E-state index < -0.39 is 0 Å². The Morgan fingerprint density at radius 3 is 2.22 bits per heavy atom. The second-order valence-electron chi connectivity index (χ2n) is 17.0. The fourth-order valence-electron chi connectivity index (χ4n) is 13.7. The molecule has 7 aliphatic carbocycles. The number of rotatable bonds is 5. The first kappa shape index (κ1) is 28.2. The van der Waals surface area contributed by atoms with Crippen LogP contribution in [0.25, 0.3) is 0 Å². The van der Waals surface area contributed by atoms with E-state index in [1.54, 1.807) is 32.1 Å². The predicted octanol–water partition coefficient (Wildman–Crippen LogP) is 9.68. The zero-order valence-corrected chi connectivity index (χ0v) is 26.6. The third kappa shape index (κ3) is 5.23. The smallest absolute Gasteiger partial charge is 0.0656 e. The summed E-state index contributed by atoms with van der Waals surface area (Å²) in [5, 5.41) is 0. The van der Waals surface area contributed by atoms with Gasteiger partial charge in [-0.15, -0.1) is 0 Å². The average molecular weight is 562 g/mol. The Hall–Kier alpha value is -0.340. The topological polar surface area (TPSA) is 12.5 Å². The second kappa shape index (κ2) is 12.2. The second-order valence-corrected chi connectivity index (χ2v) is 17.0. The minimum atomic E-state index is 0.588. The quantitative estimate of drug-likeness (QED) is 0.310. The summed E-state index contributed by atoms with van der Waals surface area (Å²) in [6.45, 7) is 1.35. The van der Waals surface area contributed by atoms with Crippen molar-refractivity contribution in [3.05, 3.63) is 12.2 Å². The van der Waals surface area contributed by atoms with Gasteiger partial charge < -0.3 is 9.64 Å². The summed E-state index contributed by atoms with van der Waals surface area (Å²) < 4.78 is 7.13. The van der Waals surface area contributed by atoms with E-state index in [1.165, 1.54) is 109 Å². The Balaban J connectivity index is 0.940. The highest BCUT2D eigenvalue weighted by Crippen LogP contribution is 2.59. The molecule has 0 aromatic heterocycles. The van der Waals surface area contributed by atoms with E-state index in [0.717, 1.165) is 71.1 Å². The van der Waals surface area contributed by atoms with Gasteiger partial charge in [-0.1, -0.05) is 76.4 Å². The zero-order valence-electron chi connectivity index (χ0n) is 26.6. The molecular weight excluding hydrogens is 498 g/mol. The standard InChI is InChI=1S/C39H63NO/c1-40(36-22-21-34-33-17-9-10-18-37(33)41-39(34)38(36)27-11-3-2-4-12-27)24-23-26-19-20-32-30-15-6-5-13-28(30)29-14-7-8-16-31(29)35(32)25-26/h7,14,26-39H,2-6,8-13,15-25H2,1H3. The molecule has 0 N–H and O–H groups in total. The summed E-state index contributed by atoms with van der Waals surface area (Å²) in [5.74, 6) is 10.7. The third-order valence-electron chi connectivity index (χ3n) is 15.4. The molecule has 1 aliphatic heterocycles. The van der Waals surface area contributed by atoms with Gasteiger partial charge in [-0.05, 0) is 143 Å². The van der Waals surface area contributed by atoms with Crippen LogP contribution in [0.3, 0.4) is 0 Å². The molecular formula is C39H63NO. The molecule has 6 saturated carbocycles. The molecule has 8 rings (SSSR count). The highest BCUT2D eigenvalue weighted by Gasteiger charge is 2.55. The lowest BCUT2D eigenvalue weighted by atomic mass is 9.48. The highest BCUT2D eigenvalue weighted by atomic mass is 16.5. The van der Waals surface area contributed by atoms with Crippen molar-refractivity contribution in [2.24, 2.45) is 65.1 Å². The van der Waals surface area contributed by atoms with Crippen molar-refractivity contribution in [3.8, 4) is 0 Å². The molecule has 0 spiro atoms. The molecule has 0 aromatic rings. The van der Waals surface area contributed by atoms with Crippen molar-refractivity contribution in [3.63, 3.8) is 0 Å². The minimum Gasteiger partial charge on any atom is -0.374 e. The molecule has 13 atom stereocenters. The molecule has 2 heteroatoms. The Labute approximate surface area is 253 Å². The molecule has 230 valence electrons. The van der Waals surface area contributed by atoms with Crippen molar-refractivity contribution in [2.45, 2.75) is 153 Å². The van der Waals surface area contributed by atoms with E-state index in [4.69, 9.17) is 4.74 Å². The summed E-state index contributed by atoms with van der Waals surface area (Å²) >= 11 is 0. The largest absolute Gasteiger partial charge is 0.374 e. The van der Waals surface area contributed by atoms with Crippen LogP contribution in [0.5, 0.6) is 0 Å². The molecule has 1 saturated heterocycles. The number of hydrogen-bond donors (Lipinski definition) is 0. The number of fused-ring (bicyclic) bond motifs is 9. The van der Waals surface area contributed by atoms with Gasteiger partial charge in [0.15, 0.2) is 0 Å². The van der Waals surface area contributed by atoms with Gasteiger partial charge in [0.1, 0.15) is 0 Å². The molecule has 13 unspecified atom stereocenters. The fourth-order valence-corrected chi connectivity index (χ4v) is 13.7. The molecule has 8 aliphatic rings. The van der Waals surface area contributed by atoms with Gasteiger partial charge in [0.05, 0.1) is 12.2 Å². The van der Waals surface area contributed by atoms with Crippen molar-refractivity contribution in [2.75, 3.05) is 13.6 Å². The van der Waals surface area contributed by atoms with Crippen LogP contribution in [-0.4, -0.2) is 36.7 Å². The van der Waals surface area contributed by atoms with E-state index in [-0.39, 0.29) is 0 Å². The van der Waals surface area contributed by atoms with E-state index in [9.17, 15) is 0 Å². The van der Waals surface area contributed by atoms with Crippen LogP contribution in [0.1, 0.15) is 135 Å².